The van der Waals surface area contributed by atoms with Gasteiger partial charge in [0, 0.05) is 41.0 Å². The van der Waals surface area contributed by atoms with Crippen LogP contribution in [-0.4, -0.2) is 44.9 Å². The highest BCUT2D eigenvalue weighted by Gasteiger charge is 2.58. The van der Waals surface area contributed by atoms with Gasteiger partial charge in [0.25, 0.3) is 5.91 Å². The fourth-order valence-electron chi connectivity index (χ4n) is 7.15. The summed E-state index contributed by atoms with van der Waals surface area (Å²) in [5.41, 5.74) is 9.96. The number of fused-ring (bicyclic) bond motifs is 3. The Labute approximate surface area is 249 Å². The highest BCUT2D eigenvalue weighted by atomic mass is 19.1. The SMILES string of the molecule is Cc1ccc(F)cc1C(=O)NCc1ccc(-c2nc(C34CCC(NC(=O)C5(C)COC5)(CC3)C4)n3ccnc(N)c23)cc1. The Bertz CT molecular complexity index is 1750. The van der Waals surface area contributed by atoms with Crippen LogP contribution in [0, 0.1) is 18.2 Å². The van der Waals surface area contributed by atoms with E-state index in [1.807, 2.05) is 37.4 Å². The predicted molar refractivity (Wildman–Crippen MR) is 160 cm³/mol. The van der Waals surface area contributed by atoms with Crippen molar-refractivity contribution in [2.45, 2.75) is 63.5 Å². The molecule has 222 valence electrons. The Morgan fingerprint density at radius 2 is 1.84 bits per heavy atom. The number of nitrogens with one attached hydrogen (secondary N) is 2. The van der Waals surface area contributed by atoms with Crippen LogP contribution >= 0.6 is 0 Å². The van der Waals surface area contributed by atoms with Gasteiger partial charge in [0.15, 0.2) is 0 Å². The summed E-state index contributed by atoms with van der Waals surface area (Å²) in [6.45, 7) is 4.99. The molecule has 2 saturated carbocycles. The highest BCUT2D eigenvalue weighted by Crippen LogP contribution is 2.58. The molecule has 4 N–H and O–H groups in total. The average Bonchev–Trinajstić information content (AvgIpc) is 3.67. The normalized spacial score (nSPS) is 23.7. The van der Waals surface area contributed by atoms with Crippen molar-refractivity contribution in [3.63, 3.8) is 0 Å². The number of nitrogens with two attached hydrogens (primary N) is 1. The summed E-state index contributed by atoms with van der Waals surface area (Å²) in [5.74, 6) is 0.687. The van der Waals surface area contributed by atoms with Crippen LogP contribution in [0.5, 0.6) is 0 Å². The van der Waals surface area contributed by atoms with E-state index in [1.54, 1.807) is 19.2 Å². The Hall–Kier alpha value is -4.31. The van der Waals surface area contributed by atoms with E-state index in [2.05, 4.69) is 20.0 Å². The lowest BCUT2D eigenvalue weighted by Gasteiger charge is -2.40. The van der Waals surface area contributed by atoms with Crippen molar-refractivity contribution >= 4 is 23.1 Å². The summed E-state index contributed by atoms with van der Waals surface area (Å²) in [4.78, 5) is 35.4. The van der Waals surface area contributed by atoms with Gasteiger partial charge in [-0.25, -0.2) is 14.4 Å². The van der Waals surface area contributed by atoms with Gasteiger partial charge in [-0.3, -0.25) is 14.0 Å². The molecule has 2 bridgehead atoms. The van der Waals surface area contributed by atoms with E-state index in [1.165, 1.54) is 12.1 Å². The fourth-order valence-corrected chi connectivity index (χ4v) is 7.15. The van der Waals surface area contributed by atoms with Gasteiger partial charge in [0.2, 0.25) is 5.91 Å². The van der Waals surface area contributed by atoms with Crippen LogP contribution in [-0.2, 0) is 21.5 Å². The third kappa shape index (κ3) is 4.55. The molecule has 3 fully saturated rings. The zero-order chi connectivity index (χ0) is 30.0. The van der Waals surface area contributed by atoms with Crippen molar-refractivity contribution in [3.8, 4) is 11.3 Å². The molecule has 2 aromatic carbocycles. The third-order valence-corrected chi connectivity index (χ3v) is 9.79. The number of nitrogen functional groups attached to an aromatic ring is 1. The summed E-state index contributed by atoms with van der Waals surface area (Å²) in [5, 5.41) is 6.30. The summed E-state index contributed by atoms with van der Waals surface area (Å²) in [7, 11) is 0. The van der Waals surface area contributed by atoms with E-state index >= 15 is 0 Å². The second-order valence-corrected chi connectivity index (χ2v) is 12.9. The molecule has 3 heterocycles. The van der Waals surface area contributed by atoms with Crippen LogP contribution in [0.4, 0.5) is 10.2 Å². The van der Waals surface area contributed by atoms with Crippen LogP contribution in [0.1, 0.15) is 66.3 Å². The maximum Gasteiger partial charge on any atom is 0.251 e. The second-order valence-electron chi connectivity index (χ2n) is 12.9. The topological polar surface area (TPSA) is 124 Å². The summed E-state index contributed by atoms with van der Waals surface area (Å²) in [6, 6.07) is 12.0. The molecule has 3 aliphatic rings. The number of ether oxygens (including phenoxy) is 1. The molecule has 2 aliphatic carbocycles. The number of nitrogens with zero attached hydrogens (tertiary/aromatic N) is 3. The van der Waals surface area contributed by atoms with Crippen LogP contribution in [0.2, 0.25) is 0 Å². The molecule has 43 heavy (non-hydrogen) atoms. The molecule has 0 unspecified atom stereocenters. The quantitative estimate of drug-likeness (QED) is 0.296. The van der Waals surface area contributed by atoms with Gasteiger partial charge >= 0.3 is 0 Å². The number of imidazole rings is 1. The number of benzene rings is 2. The molecule has 9 nitrogen and oxygen atoms in total. The first-order valence-corrected chi connectivity index (χ1v) is 14.8. The lowest BCUT2D eigenvalue weighted by atomic mass is 9.82. The first-order valence-electron chi connectivity index (χ1n) is 14.8. The van der Waals surface area contributed by atoms with Crippen LogP contribution in [0.15, 0.2) is 54.9 Å². The van der Waals surface area contributed by atoms with E-state index < -0.39 is 11.2 Å². The van der Waals surface area contributed by atoms with Gasteiger partial charge in [0.1, 0.15) is 28.7 Å². The Morgan fingerprint density at radius 3 is 2.53 bits per heavy atom. The molecule has 4 aromatic rings. The molecule has 2 amide bonds. The van der Waals surface area contributed by atoms with Crippen molar-refractivity contribution < 1.29 is 18.7 Å². The first kappa shape index (κ1) is 27.5. The summed E-state index contributed by atoms with van der Waals surface area (Å²) in [6.07, 6.45) is 8.17. The zero-order valence-corrected chi connectivity index (χ0v) is 24.4. The highest BCUT2D eigenvalue weighted by molar-refractivity contribution is 5.95. The van der Waals surface area contributed by atoms with E-state index in [9.17, 15) is 14.0 Å². The number of hydrogen-bond acceptors (Lipinski definition) is 6. The van der Waals surface area contributed by atoms with Gasteiger partial charge in [0.05, 0.1) is 18.6 Å². The fraction of sp³-hybridized carbons (Fsp3) is 0.394. The number of halogens is 1. The summed E-state index contributed by atoms with van der Waals surface area (Å²) < 4.78 is 21.1. The number of carbonyl (C=O) groups excluding carboxylic acids is 2. The minimum atomic E-state index is -0.441. The number of carbonyl (C=O) groups is 2. The maximum atomic E-state index is 13.7. The molecule has 1 saturated heterocycles. The van der Waals surface area contributed by atoms with Gasteiger partial charge in [-0.05, 0) is 69.2 Å². The van der Waals surface area contributed by atoms with Crippen molar-refractivity contribution in [3.05, 3.63) is 83.2 Å². The molecule has 0 radical (unpaired) electrons. The number of aromatic nitrogens is 3. The van der Waals surface area contributed by atoms with E-state index in [-0.39, 0.29) is 22.8 Å². The standard InChI is InChI=1S/C33H35FN6O3/c1-20-3-8-23(34)15-24(20)28(41)37-16-21-4-6-22(7-5-21)25-26-27(35)36-13-14-40(26)29(38-25)32-9-11-33(17-32,12-10-32)39-30(42)31(2)18-43-19-31/h3-8,13-15H,9-12,16-19H2,1-2H3,(H2,35,36)(H,37,41)(H,39,42). The van der Waals surface area contributed by atoms with Gasteiger partial charge in [-0.2, -0.15) is 0 Å². The number of aryl methyl sites for hydroxylation is 1. The molecule has 0 atom stereocenters. The molecule has 0 spiro atoms. The number of anilines is 1. The molecule has 10 heteroatoms. The summed E-state index contributed by atoms with van der Waals surface area (Å²) >= 11 is 0. The predicted octanol–water partition coefficient (Wildman–Crippen LogP) is 4.46. The number of rotatable bonds is 7. The van der Waals surface area contributed by atoms with Gasteiger partial charge in [-0.15, -0.1) is 0 Å². The second kappa shape index (κ2) is 9.87. The van der Waals surface area contributed by atoms with Crippen LogP contribution in [0.25, 0.3) is 16.8 Å². The van der Waals surface area contributed by atoms with E-state index in [0.29, 0.717) is 36.7 Å². The molecule has 7 rings (SSSR count). The van der Waals surface area contributed by atoms with Crippen molar-refractivity contribution in [2.75, 3.05) is 18.9 Å². The molecular weight excluding hydrogens is 547 g/mol. The van der Waals surface area contributed by atoms with Gasteiger partial charge in [-0.1, -0.05) is 30.3 Å². The zero-order valence-electron chi connectivity index (χ0n) is 24.4. The Balaban J connectivity index is 1.14. The number of hydrogen-bond donors (Lipinski definition) is 3. The smallest absolute Gasteiger partial charge is 0.251 e. The van der Waals surface area contributed by atoms with Crippen molar-refractivity contribution in [2.24, 2.45) is 5.41 Å². The van der Waals surface area contributed by atoms with E-state index in [0.717, 1.165) is 60.3 Å². The van der Waals surface area contributed by atoms with Crippen LogP contribution in [0.3, 0.4) is 0 Å². The minimum Gasteiger partial charge on any atom is -0.382 e. The number of amides is 2. The lowest BCUT2D eigenvalue weighted by Crippen LogP contribution is -2.57. The molecular formula is C33H35FN6O3. The van der Waals surface area contributed by atoms with E-state index in [4.69, 9.17) is 15.5 Å². The van der Waals surface area contributed by atoms with Crippen molar-refractivity contribution in [1.29, 1.82) is 0 Å². The first-order chi connectivity index (χ1) is 20.6. The average molecular weight is 583 g/mol. The molecule has 2 aromatic heterocycles. The molecule has 1 aliphatic heterocycles. The third-order valence-electron chi connectivity index (χ3n) is 9.79. The largest absolute Gasteiger partial charge is 0.382 e. The van der Waals surface area contributed by atoms with Gasteiger partial charge < -0.3 is 21.1 Å². The van der Waals surface area contributed by atoms with Crippen molar-refractivity contribution in [1.82, 2.24) is 25.0 Å². The monoisotopic (exact) mass is 582 g/mol. The maximum absolute atomic E-state index is 13.7. The lowest BCUT2D eigenvalue weighted by molar-refractivity contribution is -0.159. The van der Waals surface area contributed by atoms with Crippen LogP contribution < -0.4 is 16.4 Å². The Kier molecular flexibility index (Phi) is 6.32. The minimum absolute atomic E-state index is 0.0842. The Morgan fingerprint density at radius 1 is 1.09 bits per heavy atom.